The first kappa shape index (κ1) is 19.1. The minimum absolute atomic E-state index is 0.00676. The summed E-state index contributed by atoms with van der Waals surface area (Å²) < 4.78 is 39.3. The average Bonchev–Trinajstić information content (AvgIpc) is 2.51. The molecule has 134 valence electrons. The molecule has 0 fully saturated rings. The number of halogens is 1. The van der Waals surface area contributed by atoms with Gasteiger partial charge in [0.15, 0.2) is 0 Å². The van der Waals surface area contributed by atoms with Crippen LogP contribution in [-0.4, -0.2) is 20.9 Å². The Labute approximate surface area is 147 Å². The van der Waals surface area contributed by atoms with Crippen LogP contribution in [0.2, 0.25) is 0 Å². The highest BCUT2D eigenvalue weighted by Gasteiger charge is 2.15. The summed E-state index contributed by atoms with van der Waals surface area (Å²) in [7, 11) is -3.76. The molecule has 0 aliphatic carbocycles. The highest BCUT2D eigenvalue weighted by Crippen LogP contribution is 2.22. The maximum atomic E-state index is 12.9. The van der Waals surface area contributed by atoms with Gasteiger partial charge in [-0.05, 0) is 56.2 Å². The number of amides is 1. The van der Waals surface area contributed by atoms with E-state index >= 15 is 0 Å². The van der Waals surface area contributed by atoms with Crippen LogP contribution in [0.3, 0.4) is 0 Å². The van der Waals surface area contributed by atoms with E-state index in [1.54, 1.807) is 0 Å². The molecule has 5 nitrogen and oxygen atoms in total. The summed E-state index contributed by atoms with van der Waals surface area (Å²) >= 11 is 0. The third-order valence-electron chi connectivity index (χ3n) is 3.71. The van der Waals surface area contributed by atoms with Crippen molar-refractivity contribution in [3.05, 3.63) is 58.9 Å². The average molecular weight is 364 g/mol. The fourth-order valence-corrected chi connectivity index (χ4v) is 3.61. The van der Waals surface area contributed by atoms with Crippen LogP contribution in [0.25, 0.3) is 0 Å². The van der Waals surface area contributed by atoms with Gasteiger partial charge in [-0.3, -0.25) is 4.79 Å². The van der Waals surface area contributed by atoms with Crippen molar-refractivity contribution in [1.29, 1.82) is 0 Å². The van der Waals surface area contributed by atoms with E-state index in [0.717, 1.165) is 34.5 Å². The molecule has 0 aromatic heterocycles. The predicted octanol–water partition coefficient (Wildman–Crippen LogP) is 3.06. The maximum Gasteiger partial charge on any atom is 0.240 e. The molecule has 1 amide bonds. The minimum atomic E-state index is -3.76. The molecule has 0 heterocycles. The fourth-order valence-electron chi connectivity index (χ4n) is 2.58. The lowest BCUT2D eigenvalue weighted by Crippen LogP contribution is -2.28. The number of carbonyl (C=O) groups excluding carboxylic acids is 1. The number of carbonyl (C=O) groups is 1. The molecule has 0 saturated carbocycles. The summed E-state index contributed by atoms with van der Waals surface area (Å²) in [5, 5.41) is 2.82. The number of aryl methyl sites for hydroxylation is 3. The number of hydrogen-bond donors (Lipinski definition) is 2. The number of nitrogens with one attached hydrogen (secondary N) is 2. The SMILES string of the molecule is Cc1cc(C)c(NC(=O)CCNS(=O)(=O)c2ccc(F)cc2)c(C)c1. The van der Waals surface area contributed by atoms with Crippen LogP contribution in [0, 0.1) is 26.6 Å². The second-order valence-electron chi connectivity index (χ2n) is 5.92. The van der Waals surface area contributed by atoms with Gasteiger partial charge < -0.3 is 5.32 Å². The van der Waals surface area contributed by atoms with Crippen molar-refractivity contribution in [2.45, 2.75) is 32.1 Å². The van der Waals surface area contributed by atoms with Gasteiger partial charge in [0.2, 0.25) is 15.9 Å². The van der Waals surface area contributed by atoms with E-state index in [0.29, 0.717) is 0 Å². The molecule has 0 atom stereocenters. The predicted molar refractivity (Wildman–Crippen MR) is 95.5 cm³/mol. The second-order valence-corrected chi connectivity index (χ2v) is 7.69. The minimum Gasteiger partial charge on any atom is -0.326 e. The first-order valence-corrected chi connectivity index (χ1v) is 9.30. The normalized spacial score (nSPS) is 11.4. The van der Waals surface area contributed by atoms with Crippen molar-refractivity contribution < 1.29 is 17.6 Å². The number of sulfonamides is 1. The van der Waals surface area contributed by atoms with Crippen LogP contribution in [0.5, 0.6) is 0 Å². The zero-order valence-corrected chi connectivity index (χ0v) is 15.2. The van der Waals surface area contributed by atoms with Crippen LogP contribution < -0.4 is 10.0 Å². The molecule has 0 radical (unpaired) electrons. The van der Waals surface area contributed by atoms with Crippen LogP contribution in [0.15, 0.2) is 41.3 Å². The number of hydrogen-bond acceptors (Lipinski definition) is 3. The Bertz CT molecular complexity index is 855. The van der Waals surface area contributed by atoms with E-state index < -0.39 is 15.8 Å². The van der Waals surface area contributed by atoms with E-state index in [2.05, 4.69) is 10.0 Å². The van der Waals surface area contributed by atoms with Crippen molar-refractivity contribution in [3.8, 4) is 0 Å². The van der Waals surface area contributed by atoms with Gasteiger partial charge in [-0.2, -0.15) is 0 Å². The molecular formula is C18H21FN2O3S. The molecule has 0 aliphatic rings. The Morgan fingerprint density at radius 1 is 1.04 bits per heavy atom. The Hall–Kier alpha value is -2.25. The Kier molecular flexibility index (Phi) is 5.92. The molecule has 0 bridgehead atoms. The van der Waals surface area contributed by atoms with Gasteiger partial charge in [-0.15, -0.1) is 0 Å². The van der Waals surface area contributed by atoms with E-state index in [1.165, 1.54) is 12.1 Å². The molecule has 0 saturated heterocycles. The maximum absolute atomic E-state index is 12.9. The van der Waals surface area contributed by atoms with Crippen LogP contribution in [0.1, 0.15) is 23.1 Å². The van der Waals surface area contributed by atoms with Gasteiger partial charge in [0.1, 0.15) is 5.82 Å². The molecule has 0 spiro atoms. The van der Waals surface area contributed by atoms with Gasteiger partial charge in [0.05, 0.1) is 4.90 Å². The highest BCUT2D eigenvalue weighted by atomic mass is 32.2. The van der Waals surface area contributed by atoms with Gasteiger partial charge in [0.25, 0.3) is 0 Å². The molecule has 2 aromatic carbocycles. The number of rotatable bonds is 6. The van der Waals surface area contributed by atoms with Crippen LogP contribution in [0.4, 0.5) is 10.1 Å². The quantitative estimate of drug-likeness (QED) is 0.827. The van der Waals surface area contributed by atoms with Crippen molar-refractivity contribution >= 4 is 21.6 Å². The van der Waals surface area contributed by atoms with Crippen LogP contribution >= 0.6 is 0 Å². The highest BCUT2D eigenvalue weighted by molar-refractivity contribution is 7.89. The fraction of sp³-hybridized carbons (Fsp3) is 0.278. The standard InChI is InChI=1S/C18H21FN2O3S/c1-12-10-13(2)18(14(3)11-12)21-17(22)8-9-20-25(23,24)16-6-4-15(19)5-7-16/h4-7,10-11,20H,8-9H2,1-3H3,(H,21,22). The summed E-state index contributed by atoms with van der Waals surface area (Å²) in [4.78, 5) is 12.0. The molecule has 25 heavy (non-hydrogen) atoms. The number of benzene rings is 2. The lowest BCUT2D eigenvalue weighted by molar-refractivity contribution is -0.116. The molecule has 2 N–H and O–H groups in total. The number of anilines is 1. The summed E-state index contributed by atoms with van der Waals surface area (Å²) in [6.45, 7) is 5.76. The lowest BCUT2D eigenvalue weighted by atomic mass is 10.1. The third kappa shape index (κ3) is 5.11. The zero-order chi connectivity index (χ0) is 18.6. The molecule has 2 aromatic rings. The van der Waals surface area contributed by atoms with Crippen molar-refractivity contribution in [2.75, 3.05) is 11.9 Å². The van der Waals surface area contributed by atoms with E-state index in [9.17, 15) is 17.6 Å². The van der Waals surface area contributed by atoms with Crippen LogP contribution in [-0.2, 0) is 14.8 Å². The van der Waals surface area contributed by atoms with Gasteiger partial charge in [0, 0.05) is 18.7 Å². The van der Waals surface area contributed by atoms with Gasteiger partial charge >= 0.3 is 0 Å². The molecule has 0 unspecified atom stereocenters. The Balaban J connectivity index is 1.93. The summed E-state index contributed by atoms with van der Waals surface area (Å²) in [5.74, 6) is -0.793. The van der Waals surface area contributed by atoms with E-state index in [-0.39, 0.29) is 23.8 Å². The van der Waals surface area contributed by atoms with Crippen molar-refractivity contribution in [3.63, 3.8) is 0 Å². The second kappa shape index (κ2) is 7.76. The Morgan fingerprint density at radius 2 is 1.60 bits per heavy atom. The van der Waals surface area contributed by atoms with Gasteiger partial charge in [-0.25, -0.2) is 17.5 Å². The third-order valence-corrected chi connectivity index (χ3v) is 5.19. The first-order chi connectivity index (χ1) is 11.7. The Morgan fingerprint density at radius 3 is 2.16 bits per heavy atom. The largest absolute Gasteiger partial charge is 0.326 e. The summed E-state index contributed by atoms with van der Waals surface area (Å²) in [6, 6.07) is 8.45. The lowest BCUT2D eigenvalue weighted by Gasteiger charge is -2.13. The molecule has 0 aliphatic heterocycles. The molecule has 2 rings (SSSR count). The topological polar surface area (TPSA) is 75.3 Å². The van der Waals surface area contributed by atoms with Crippen molar-refractivity contribution in [1.82, 2.24) is 4.72 Å². The van der Waals surface area contributed by atoms with Crippen molar-refractivity contribution in [2.24, 2.45) is 0 Å². The molecule has 7 heteroatoms. The summed E-state index contributed by atoms with van der Waals surface area (Å²) in [6.07, 6.45) is -0.00676. The smallest absolute Gasteiger partial charge is 0.240 e. The van der Waals surface area contributed by atoms with Gasteiger partial charge in [-0.1, -0.05) is 17.7 Å². The molecular weight excluding hydrogens is 343 g/mol. The first-order valence-electron chi connectivity index (χ1n) is 7.82. The summed E-state index contributed by atoms with van der Waals surface area (Å²) in [5.41, 5.74) is 3.77. The van der Waals surface area contributed by atoms with E-state index in [4.69, 9.17) is 0 Å². The van der Waals surface area contributed by atoms with E-state index in [1.807, 2.05) is 32.9 Å². The zero-order valence-electron chi connectivity index (χ0n) is 14.4. The monoisotopic (exact) mass is 364 g/mol.